The zero-order valence-electron chi connectivity index (χ0n) is 35.2. The molecule has 5 rings (SSSR count). The van der Waals surface area contributed by atoms with E-state index in [4.69, 9.17) is 0 Å². The summed E-state index contributed by atoms with van der Waals surface area (Å²) in [6, 6.07) is 12.6. The van der Waals surface area contributed by atoms with Crippen molar-refractivity contribution < 1.29 is 57.4 Å². The molecule has 0 atom stereocenters. The average Bonchev–Trinajstić information content (AvgIpc) is 3.24. The van der Waals surface area contributed by atoms with Crippen LogP contribution in [-0.2, 0) is 32.6 Å². The van der Waals surface area contributed by atoms with Crippen LogP contribution in [0.5, 0.6) is 0 Å². The predicted octanol–water partition coefficient (Wildman–Crippen LogP) is 10.5. The molecule has 0 fully saturated rings. The molecule has 0 aliphatic rings. The van der Waals surface area contributed by atoms with E-state index in [2.05, 4.69) is 46.0 Å². The summed E-state index contributed by atoms with van der Waals surface area (Å²) in [5, 5.41) is 31.7. The number of azo groups is 2. The number of aromatic nitrogens is 3. The van der Waals surface area contributed by atoms with Crippen LogP contribution in [0.15, 0.2) is 108 Å². The molecule has 0 bridgehead atoms. The van der Waals surface area contributed by atoms with E-state index in [0.29, 0.717) is 49.7 Å². The Balaban J connectivity index is 1.63. The van der Waals surface area contributed by atoms with Crippen LogP contribution in [0.4, 0.5) is 83.7 Å². The van der Waals surface area contributed by atoms with Gasteiger partial charge in [-0.25, -0.2) is 0 Å². The number of rotatable bonds is 19. The normalized spacial score (nSPS) is 12.6. The van der Waals surface area contributed by atoms with Crippen LogP contribution in [0.25, 0.3) is 0 Å². The fourth-order valence-electron chi connectivity index (χ4n) is 6.08. The lowest BCUT2D eigenvalue weighted by atomic mass is 10.2. The van der Waals surface area contributed by atoms with E-state index in [1.54, 1.807) is 24.3 Å². The monoisotopic (exact) mass is 985 g/mol. The number of halogens is 6. The molecule has 0 unspecified atom stereocenters. The minimum absolute atomic E-state index is 0.00808. The average molecular weight is 986 g/mol. The van der Waals surface area contributed by atoms with Gasteiger partial charge in [-0.15, -0.1) is 20.5 Å². The number of thioether (sulfide) groups is 1. The summed E-state index contributed by atoms with van der Waals surface area (Å²) in [4.78, 5) is 15.1. The van der Waals surface area contributed by atoms with Gasteiger partial charge in [-0.2, -0.15) is 58.1 Å². The second kappa shape index (κ2) is 21.1. The Bertz CT molecular complexity index is 2650. The molecule has 0 spiro atoms. The lowest BCUT2D eigenvalue weighted by Crippen LogP contribution is -2.21. The summed E-state index contributed by atoms with van der Waals surface area (Å²) in [7, 11) is -10.4. The molecule has 0 saturated heterocycles. The van der Waals surface area contributed by atoms with Gasteiger partial charge in [0.05, 0.1) is 29.1 Å². The van der Waals surface area contributed by atoms with Crippen molar-refractivity contribution in [2.75, 3.05) is 59.0 Å². The first-order valence-electron chi connectivity index (χ1n) is 19.5. The highest BCUT2D eigenvalue weighted by atomic mass is 32.2. The largest absolute Gasteiger partial charge is 0.416 e. The highest BCUT2D eigenvalue weighted by Gasteiger charge is 2.34. The molecule has 27 heteroatoms. The maximum absolute atomic E-state index is 13.5. The molecule has 354 valence electrons. The number of alkyl halides is 6. The Morgan fingerprint density at radius 1 is 0.576 bits per heavy atom. The Morgan fingerprint density at radius 2 is 0.939 bits per heavy atom. The van der Waals surface area contributed by atoms with Crippen LogP contribution in [0.2, 0.25) is 0 Å². The van der Waals surface area contributed by atoms with E-state index in [-0.39, 0.29) is 64.3 Å². The molecule has 18 nitrogen and oxygen atoms in total. The molecule has 0 saturated carbocycles. The molecule has 4 aromatic carbocycles. The number of benzene rings is 4. The number of nitrogens with one attached hydrogen (secondary N) is 2. The molecular formula is C39H41F6N11O7S3. The fraction of sp³-hybridized carbons (Fsp3) is 0.308. The standard InChI is InChI=1S/C39H41F6N11O7S3/c1-5-55(6-2)25-11-15-27(51-53-29-13-9-23(38(40,41)42)19-33(29)65(58,59)60)31(21-25)46-35-48-36(50-37(49-35)64-18-17-57)47-32-22-26(56(7-3)8-4)12-16-28(32)52-54-30-14-10-24(39(43,44)45)20-34(30)66(61,62)63/h9-16,19-22,57H,5-8,17-18H2,1-4H3,(H,58,59,60)(H,61,62,63)(H2,46,47,48,49,50). The molecule has 0 amide bonds. The fourth-order valence-corrected chi connectivity index (χ4v) is 7.95. The third-order valence-electron chi connectivity index (χ3n) is 9.31. The van der Waals surface area contributed by atoms with Gasteiger partial charge in [-0.3, -0.25) is 9.11 Å². The first-order chi connectivity index (χ1) is 31.0. The molecule has 66 heavy (non-hydrogen) atoms. The second-order valence-corrected chi connectivity index (χ2v) is 17.4. The van der Waals surface area contributed by atoms with Gasteiger partial charge in [0.15, 0.2) is 5.16 Å². The molecular weight excluding hydrogens is 945 g/mol. The first kappa shape index (κ1) is 51.0. The zero-order chi connectivity index (χ0) is 48.6. The minimum atomic E-state index is -5.21. The van der Waals surface area contributed by atoms with Crippen LogP contribution in [0, 0.1) is 0 Å². The number of aliphatic hydroxyl groups excluding tert-OH is 1. The van der Waals surface area contributed by atoms with Crippen LogP contribution >= 0.6 is 11.8 Å². The Labute approximate surface area is 378 Å². The van der Waals surface area contributed by atoms with Crippen LogP contribution < -0.4 is 20.4 Å². The molecule has 1 heterocycles. The predicted molar refractivity (Wildman–Crippen MR) is 235 cm³/mol. The van der Waals surface area contributed by atoms with E-state index < -0.39 is 64.9 Å². The van der Waals surface area contributed by atoms with Gasteiger partial charge in [-0.1, -0.05) is 11.8 Å². The van der Waals surface area contributed by atoms with Crippen molar-refractivity contribution in [3.63, 3.8) is 0 Å². The number of nitrogens with zero attached hydrogens (tertiary/aromatic N) is 9. The SMILES string of the molecule is CCN(CC)c1ccc(N=Nc2ccc(C(F)(F)F)cc2S(=O)(=O)O)c(Nc2nc(Nc3cc(N(CC)CC)ccc3N=Nc3ccc(C(F)(F)F)cc3S(=O)(=O)O)nc(SCCO)n2)c1. The van der Waals surface area contributed by atoms with E-state index in [9.17, 15) is 57.4 Å². The summed E-state index contributed by atoms with van der Waals surface area (Å²) in [6.45, 7) is 9.57. The third kappa shape index (κ3) is 13.1. The summed E-state index contributed by atoms with van der Waals surface area (Å²) in [5.74, 6) is -0.150. The zero-order valence-corrected chi connectivity index (χ0v) is 37.6. The highest BCUT2D eigenvalue weighted by Crippen LogP contribution is 2.40. The van der Waals surface area contributed by atoms with Gasteiger partial charge in [0, 0.05) is 43.3 Å². The van der Waals surface area contributed by atoms with Crippen molar-refractivity contribution in [1.29, 1.82) is 0 Å². The molecule has 1 aromatic heterocycles. The van der Waals surface area contributed by atoms with Gasteiger partial charge >= 0.3 is 12.4 Å². The smallest absolute Gasteiger partial charge is 0.396 e. The summed E-state index contributed by atoms with van der Waals surface area (Å²) in [6.07, 6.45) is -9.88. The lowest BCUT2D eigenvalue weighted by molar-refractivity contribution is -0.138. The first-order valence-corrected chi connectivity index (χ1v) is 23.4. The highest BCUT2D eigenvalue weighted by molar-refractivity contribution is 7.99. The van der Waals surface area contributed by atoms with Gasteiger partial charge in [0.2, 0.25) is 11.9 Å². The van der Waals surface area contributed by atoms with Gasteiger partial charge in [-0.05, 0) is 100 Å². The van der Waals surface area contributed by atoms with E-state index in [0.717, 1.165) is 23.9 Å². The van der Waals surface area contributed by atoms with Crippen molar-refractivity contribution in [2.45, 2.75) is 55.0 Å². The summed E-state index contributed by atoms with van der Waals surface area (Å²) in [5.41, 5.74) is -2.27. The summed E-state index contributed by atoms with van der Waals surface area (Å²) < 4.78 is 149. The minimum Gasteiger partial charge on any atom is -0.396 e. The van der Waals surface area contributed by atoms with Gasteiger partial charge in [0.25, 0.3) is 20.2 Å². The van der Waals surface area contributed by atoms with E-state index >= 15 is 0 Å². The van der Waals surface area contributed by atoms with E-state index in [1.807, 2.05) is 37.5 Å². The lowest BCUT2D eigenvalue weighted by Gasteiger charge is -2.22. The third-order valence-corrected chi connectivity index (χ3v) is 11.9. The van der Waals surface area contributed by atoms with Crippen LogP contribution in [0.1, 0.15) is 38.8 Å². The van der Waals surface area contributed by atoms with Crippen molar-refractivity contribution in [1.82, 2.24) is 15.0 Å². The molecule has 5 N–H and O–H groups in total. The Morgan fingerprint density at radius 3 is 1.27 bits per heavy atom. The second-order valence-electron chi connectivity index (χ2n) is 13.5. The van der Waals surface area contributed by atoms with Crippen LogP contribution in [-0.4, -0.2) is 84.5 Å². The number of anilines is 6. The molecule has 0 aliphatic heterocycles. The number of hydrogen-bond acceptors (Lipinski definition) is 17. The summed E-state index contributed by atoms with van der Waals surface area (Å²) >= 11 is 1.02. The number of aliphatic hydroxyl groups is 1. The molecule has 0 aliphatic carbocycles. The van der Waals surface area contributed by atoms with Gasteiger partial charge in [0.1, 0.15) is 32.5 Å². The van der Waals surface area contributed by atoms with Crippen molar-refractivity contribution in [3.05, 3.63) is 83.9 Å². The molecule has 5 aromatic rings. The van der Waals surface area contributed by atoms with Gasteiger partial charge < -0.3 is 25.5 Å². The quantitative estimate of drug-likeness (QED) is 0.0223. The maximum Gasteiger partial charge on any atom is 0.416 e. The maximum atomic E-state index is 13.5. The Hall–Kier alpha value is -6.00. The molecule has 0 radical (unpaired) electrons. The number of hydrogen-bond donors (Lipinski definition) is 5. The van der Waals surface area contributed by atoms with Crippen molar-refractivity contribution >= 4 is 89.4 Å². The van der Waals surface area contributed by atoms with Crippen molar-refractivity contribution in [3.8, 4) is 0 Å². The Kier molecular flexibility index (Phi) is 16.3. The van der Waals surface area contributed by atoms with Crippen LogP contribution in [0.3, 0.4) is 0 Å². The van der Waals surface area contributed by atoms with Crippen molar-refractivity contribution in [2.24, 2.45) is 20.5 Å². The topological polar surface area (TPSA) is 248 Å². The van der Waals surface area contributed by atoms with E-state index in [1.165, 1.54) is 12.1 Å².